The van der Waals surface area contributed by atoms with Crippen LogP contribution in [0.4, 0.5) is 0 Å². The number of allylic oxidation sites excluding steroid dienone is 1. The van der Waals surface area contributed by atoms with Crippen LogP contribution >= 0.6 is 0 Å². The van der Waals surface area contributed by atoms with Crippen LogP contribution in [0.3, 0.4) is 0 Å². The van der Waals surface area contributed by atoms with Crippen molar-refractivity contribution in [2.24, 2.45) is 5.41 Å². The Morgan fingerprint density at radius 3 is 2.50 bits per heavy atom. The summed E-state index contributed by atoms with van der Waals surface area (Å²) in [4.78, 5) is 36.2. The van der Waals surface area contributed by atoms with Gasteiger partial charge in [0.25, 0.3) is 0 Å². The summed E-state index contributed by atoms with van der Waals surface area (Å²) in [6, 6.07) is 0. The number of rotatable bonds is 5. The molecule has 1 rings (SSSR count). The van der Waals surface area contributed by atoms with E-state index in [0.29, 0.717) is 12.8 Å². The smallest absolute Gasteiger partial charge is 0.330 e. The molecule has 1 aliphatic carbocycles. The van der Waals surface area contributed by atoms with E-state index in [-0.39, 0.29) is 18.8 Å². The highest BCUT2D eigenvalue weighted by Gasteiger charge is 2.46. The van der Waals surface area contributed by atoms with Gasteiger partial charge in [-0.15, -0.1) is 0 Å². The topological polar surface area (TPSA) is 69.7 Å². The molecule has 0 bridgehead atoms. The Morgan fingerprint density at radius 1 is 1.27 bits per heavy atom. The average molecular weight is 310 g/mol. The molecule has 1 saturated carbocycles. The summed E-state index contributed by atoms with van der Waals surface area (Å²) in [5, 5.41) is 0. The monoisotopic (exact) mass is 310 g/mol. The number of esters is 2. The lowest BCUT2D eigenvalue weighted by atomic mass is 9.70. The maximum Gasteiger partial charge on any atom is 0.330 e. The quantitative estimate of drug-likeness (QED) is 0.443. The minimum atomic E-state index is -1.13. The number of Topliss-reactive ketones (excluding diaryl/α,β-unsaturated/α-hetero) is 1. The Morgan fingerprint density at radius 2 is 1.95 bits per heavy atom. The number of carbonyl (C=O) groups excluding carboxylic acids is 3. The summed E-state index contributed by atoms with van der Waals surface area (Å²) in [5.41, 5.74) is -1.70. The van der Waals surface area contributed by atoms with Crippen molar-refractivity contribution in [2.45, 2.75) is 65.4 Å². The fourth-order valence-corrected chi connectivity index (χ4v) is 2.57. The van der Waals surface area contributed by atoms with E-state index in [9.17, 15) is 14.4 Å². The Kier molecular flexibility index (Phi) is 6.33. The first-order valence-corrected chi connectivity index (χ1v) is 7.81. The Labute approximate surface area is 132 Å². The molecule has 0 spiro atoms. The Balaban J connectivity index is 2.80. The van der Waals surface area contributed by atoms with Gasteiger partial charge in [-0.05, 0) is 47.0 Å². The van der Waals surface area contributed by atoms with E-state index in [4.69, 9.17) is 9.47 Å². The van der Waals surface area contributed by atoms with Crippen LogP contribution in [0, 0.1) is 5.41 Å². The van der Waals surface area contributed by atoms with Gasteiger partial charge in [0, 0.05) is 12.5 Å². The zero-order valence-corrected chi connectivity index (χ0v) is 13.9. The standard InChI is InChI=1S/C17H26O5/c1-5-21-15(20)17(11-7-6-9-13(17)18)12-8-10-14(19)22-16(2,3)4/h8,10H,5-7,9,11-12H2,1-4H3/b10-8+/t17-/m0/s1. The van der Waals surface area contributed by atoms with Crippen molar-refractivity contribution in [3.8, 4) is 0 Å². The van der Waals surface area contributed by atoms with E-state index in [0.717, 1.165) is 12.8 Å². The van der Waals surface area contributed by atoms with Crippen molar-refractivity contribution >= 4 is 17.7 Å². The fraction of sp³-hybridized carbons (Fsp3) is 0.706. The highest BCUT2D eigenvalue weighted by Crippen LogP contribution is 2.38. The Hall–Kier alpha value is -1.65. The van der Waals surface area contributed by atoms with Crippen LogP contribution in [0.5, 0.6) is 0 Å². The minimum absolute atomic E-state index is 0.0916. The van der Waals surface area contributed by atoms with E-state index < -0.39 is 23.0 Å². The zero-order valence-electron chi connectivity index (χ0n) is 13.9. The lowest BCUT2D eigenvalue weighted by molar-refractivity contribution is -0.162. The van der Waals surface area contributed by atoms with E-state index in [1.807, 2.05) is 0 Å². The van der Waals surface area contributed by atoms with Gasteiger partial charge in [-0.2, -0.15) is 0 Å². The fourth-order valence-electron chi connectivity index (χ4n) is 2.57. The highest BCUT2D eigenvalue weighted by atomic mass is 16.6. The first-order chi connectivity index (χ1) is 10.2. The molecule has 0 N–H and O–H groups in total. The molecule has 1 fully saturated rings. The highest BCUT2D eigenvalue weighted by molar-refractivity contribution is 6.04. The summed E-state index contributed by atoms with van der Waals surface area (Å²) in [5.74, 6) is -1.05. The normalized spacial score (nSPS) is 22.6. The van der Waals surface area contributed by atoms with Gasteiger partial charge in [-0.1, -0.05) is 12.5 Å². The molecule has 0 unspecified atom stereocenters. The summed E-state index contributed by atoms with van der Waals surface area (Å²) < 4.78 is 10.3. The maximum atomic E-state index is 12.3. The van der Waals surface area contributed by atoms with Crippen molar-refractivity contribution in [2.75, 3.05) is 6.61 Å². The van der Waals surface area contributed by atoms with Gasteiger partial charge in [0.05, 0.1) is 6.61 Å². The van der Waals surface area contributed by atoms with E-state index in [1.165, 1.54) is 6.08 Å². The third-order valence-electron chi connectivity index (χ3n) is 3.58. The van der Waals surface area contributed by atoms with Crippen molar-refractivity contribution in [3.63, 3.8) is 0 Å². The molecule has 5 heteroatoms. The molecule has 1 aliphatic rings. The molecular formula is C17H26O5. The maximum absolute atomic E-state index is 12.3. The number of hydrogen-bond acceptors (Lipinski definition) is 5. The molecule has 0 aromatic carbocycles. The predicted molar refractivity (Wildman–Crippen MR) is 82.1 cm³/mol. The van der Waals surface area contributed by atoms with Crippen molar-refractivity contribution in [3.05, 3.63) is 12.2 Å². The predicted octanol–water partition coefficient (Wildman–Crippen LogP) is 2.97. The van der Waals surface area contributed by atoms with Crippen molar-refractivity contribution in [1.82, 2.24) is 0 Å². The largest absolute Gasteiger partial charge is 0.465 e. The van der Waals surface area contributed by atoms with Crippen LogP contribution in [0.25, 0.3) is 0 Å². The van der Waals surface area contributed by atoms with Gasteiger partial charge in [-0.3, -0.25) is 9.59 Å². The van der Waals surface area contributed by atoms with Gasteiger partial charge in [0.2, 0.25) is 0 Å². The first kappa shape index (κ1) is 18.4. The van der Waals surface area contributed by atoms with Gasteiger partial charge < -0.3 is 9.47 Å². The SMILES string of the molecule is CCOC(=O)[C@]1(C/C=C/C(=O)OC(C)(C)C)CCCCC1=O. The molecule has 0 aromatic heterocycles. The summed E-state index contributed by atoms with van der Waals surface area (Å²) in [6.45, 7) is 7.30. The lowest BCUT2D eigenvalue weighted by Crippen LogP contribution is -2.42. The van der Waals surface area contributed by atoms with Crippen LogP contribution in [0.2, 0.25) is 0 Å². The minimum Gasteiger partial charge on any atom is -0.465 e. The number of hydrogen-bond donors (Lipinski definition) is 0. The third kappa shape index (κ3) is 4.97. The second-order valence-electron chi connectivity index (χ2n) is 6.57. The van der Waals surface area contributed by atoms with Crippen molar-refractivity contribution in [1.29, 1.82) is 0 Å². The third-order valence-corrected chi connectivity index (χ3v) is 3.58. The van der Waals surface area contributed by atoms with Crippen LogP contribution in [-0.2, 0) is 23.9 Å². The van der Waals surface area contributed by atoms with Crippen LogP contribution in [0.15, 0.2) is 12.2 Å². The zero-order chi connectivity index (χ0) is 16.8. The van der Waals surface area contributed by atoms with E-state index in [2.05, 4.69) is 0 Å². The van der Waals surface area contributed by atoms with Crippen molar-refractivity contribution < 1.29 is 23.9 Å². The van der Waals surface area contributed by atoms with E-state index in [1.54, 1.807) is 33.8 Å². The van der Waals surface area contributed by atoms with Gasteiger partial charge in [-0.25, -0.2) is 4.79 Å². The summed E-state index contributed by atoms with van der Waals surface area (Å²) in [6.07, 6.45) is 5.50. The Bertz CT molecular complexity index is 458. The first-order valence-electron chi connectivity index (χ1n) is 7.81. The van der Waals surface area contributed by atoms with Crippen LogP contribution in [-0.4, -0.2) is 29.9 Å². The van der Waals surface area contributed by atoms with Gasteiger partial charge >= 0.3 is 11.9 Å². The van der Waals surface area contributed by atoms with Crippen LogP contribution < -0.4 is 0 Å². The number of ketones is 1. The molecule has 0 heterocycles. The number of ether oxygens (including phenoxy) is 2. The van der Waals surface area contributed by atoms with E-state index >= 15 is 0 Å². The second kappa shape index (κ2) is 7.56. The lowest BCUT2D eigenvalue weighted by Gasteiger charge is -2.32. The molecule has 0 saturated heterocycles. The van der Waals surface area contributed by atoms with Gasteiger partial charge in [0.1, 0.15) is 16.8 Å². The average Bonchev–Trinajstić information content (AvgIpc) is 2.39. The second-order valence-corrected chi connectivity index (χ2v) is 6.57. The van der Waals surface area contributed by atoms with Gasteiger partial charge in [0.15, 0.2) is 0 Å². The molecule has 0 aromatic rings. The molecule has 22 heavy (non-hydrogen) atoms. The summed E-state index contributed by atoms with van der Waals surface area (Å²) >= 11 is 0. The molecule has 124 valence electrons. The van der Waals surface area contributed by atoms with Crippen LogP contribution in [0.1, 0.15) is 59.8 Å². The molecular weight excluding hydrogens is 284 g/mol. The molecule has 0 radical (unpaired) electrons. The number of carbonyl (C=O) groups is 3. The molecule has 0 amide bonds. The molecule has 1 atom stereocenters. The molecule has 0 aliphatic heterocycles. The summed E-state index contributed by atoms with van der Waals surface area (Å²) in [7, 11) is 0. The molecule has 5 nitrogen and oxygen atoms in total.